The first-order chi connectivity index (χ1) is 9.51. The number of rotatable bonds is 3. The van der Waals surface area contributed by atoms with E-state index in [1.165, 1.54) is 4.57 Å². The van der Waals surface area contributed by atoms with Crippen LogP contribution < -0.4 is 10.2 Å². The first-order valence-electron chi connectivity index (χ1n) is 5.98. The maximum absolute atomic E-state index is 11.9. The summed E-state index contributed by atoms with van der Waals surface area (Å²) in [7, 11) is 0. The van der Waals surface area contributed by atoms with Gasteiger partial charge in [0, 0.05) is 16.3 Å². The van der Waals surface area contributed by atoms with E-state index in [0.717, 1.165) is 21.9 Å². The van der Waals surface area contributed by atoms with Gasteiger partial charge in [-0.2, -0.15) is 5.26 Å². The van der Waals surface area contributed by atoms with Gasteiger partial charge in [-0.1, -0.05) is 11.3 Å². The van der Waals surface area contributed by atoms with Gasteiger partial charge in [0.05, 0.1) is 11.6 Å². The van der Waals surface area contributed by atoms with Crippen molar-refractivity contribution in [2.75, 3.05) is 5.32 Å². The van der Waals surface area contributed by atoms with Crippen LogP contribution in [0.25, 0.3) is 0 Å². The molecule has 0 aliphatic rings. The average molecular weight is 287 g/mol. The molecule has 1 N–H and O–H groups in total. The summed E-state index contributed by atoms with van der Waals surface area (Å²) < 4.78 is 1.46. The summed E-state index contributed by atoms with van der Waals surface area (Å²) >= 11 is 1.14. The number of carbonyl (C=O) groups is 1. The van der Waals surface area contributed by atoms with E-state index in [1.54, 1.807) is 24.3 Å². The van der Waals surface area contributed by atoms with Gasteiger partial charge in [0.15, 0.2) is 0 Å². The molecular formula is C14H13N3O2S. The van der Waals surface area contributed by atoms with E-state index in [1.807, 2.05) is 19.9 Å². The Hall–Kier alpha value is -2.39. The molecule has 0 fully saturated rings. The van der Waals surface area contributed by atoms with Crippen molar-refractivity contribution in [3.05, 3.63) is 50.1 Å². The minimum atomic E-state index is -0.266. The predicted octanol–water partition coefficient (Wildman–Crippen LogP) is 2.04. The Balaban J connectivity index is 2.09. The summed E-state index contributed by atoms with van der Waals surface area (Å²) in [6, 6.07) is 8.58. The van der Waals surface area contributed by atoms with Gasteiger partial charge in [-0.3, -0.25) is 14.2 Å². The number of thiazole rings is 1. The van der Waals surface area contributed by atoms with Crippen LogP contribution in [0.1, 0.15) is 16.1 Å². The number of nitrogens with zero attached hydrogens (tertiary/aromatic N) is 2. The molecule has 1 amide bonds. The molecule has 0 spiro atoms. The highest BCUT2D eigenvalue weighted by Gasteiger charge is 2.11. The fraction of sp³-hybridized carbons (Fsp3) is 0.214. The second kappa shape index (κ2) is 5.72. The highest BCUT2D eigenvalue weighted by molar-refractivity contribution is 7.09. The Morgan fingerprint density at radius 2 is 2.00 bits per heavy atom. The fourth-order valence-corrected chi connectivity index (χ4v) is 2.57. The van der Waals surface area contributed by atoms with Crippen LogP contribution in [-0.2, 0) is 11.3 Å². The number of nitriles is 1. The Labute approximate surface area is 120 Å². The fourth-order valence-electron chi connectivity index (χ4n) is 1.74. The number of anilines is 1. The van der Waals surface area contributed by atoms with E-state index in [2.05, 4.69) is 5.32 Å². The van der Waals surface area contributed by atoms with Gasteiger partial charge in [-0.25, -0.2) is 0 Å². The third-order valence-corrected chi connectivity index (χ3v) is 3.97. The van der Waals surface area contributed by atoms with Gasteiger partial charge in [-0.15, -0.1) is 0 Å². The Kier molecular flexibility index (Phi) is 4.01. The molecule has 0 saturated heterocycles. The second-order valence-corrected chi connectivity index (χ2v) is 5.50. The molecule has 1 aromatic heterocycles. The monoisotopic (exact) mass is 287 g/mol. The zero-order chi connectivity index (χ0) is 14.7. The lowest BCUT2D eigenvalue weighted by Crippen LogP contribution is -2.25. The summed E-state index contributed by atoms with van der Waals surface area (Å²) in [6.45, 7) is 3.67. The summed E-state index contributed by atoms with van der Waals surface area (Å²) in [5.74, 6) is -0.266. The van der Waals surface area contributed by atoms with Crippen LogP contribution in [-0.4, -0.2) is 10.5 Å². The van der Waals surface area contributed by atoms with Gasteiger partial charge in [0.25, 0.3) is 0 Å². The van der Waals surface area contributed by atoms with Crippen LogP contribution in [0.2, 0.25) is 0 Å². The summed E-state index contributed by atoms with van der Waals surface area (Å²) in [5, 5.41) is 11.4. The zero-order valence-electron chi connectivity index (χ0n) is 11.1. The van der Waals surface area contributed by atoms with Gasteiger partial charge in [0.1, 0.15) is 6.54 Å². The summed E-state index contributed by atoms with van der Waals surface area (Å²) in [4.78, 5) is 24.4. The number of benzene rings is 1. The van der Waals surface area contributed by atoms with Crippen LogP contribution in [0, 0.1) is 25.2 Å². The minimum Gasteiger partial charge on any atom is -0.325 e. The third-order valence-electron chi connectivity index (χ3n) is 2.97. The van der Waals surface area contributed by atoms with E-state index in [9.17, 15) is 9.59 Å². The summed E-state index contributed by atoms with van der Waals surface area (Å²) in [5.41, 5.74) is 1.95. The van der Waals surface area contributed by atoms with Gasteiger partial charge in [0.2, 0.25) is 5.91 Å². The Morgan fingerprint density at radius 3 is 2.50 bits per heavy atom. The van der Waals surface area contributed by atoms with E-state index < -0.39 is 0 Å². The van der Waals surface area contributed by atoms with Crippen molar-refractivity contribution < 1.29 is 4.79 Å². The smallest absolute Gasteiger partial charge is 0.308 e. The largest absolute Gasteiger partial charge is 0.325 e. The van der Waals surface area contributed by atoms with E-state index >= 15 is 0 Å². The van der Waals surface area contributed by atoms with Crippen molar-refractivity contribution in [3.63, 3.8) is 0 Å². The quantitative estimate of drug-likeness (QED) is 0.938. The SMILES string of the molecule is Cc1sc(=O)n(CC(=O)Nc2ccc(C#N)cc2)c1C. The van der Waals surface area contributed by atoms with E-state index in [0.29, 0.717) is 11.3 Å². The van der Waals surface area contributed by atoms with Crippen LogP contribution in [0.5, 0.6) is 0 Å². The van der Waals surface area contributed by atoms with Crippen LogP contribution >= 0.6 is 11.3 Å². The standard InChI is InChI=1S/C14H13N3O2S/c1-9-10(2)20-14(19)17(9)8-13(18)16-12-5-3-11(7-15)4-6-12/h3-6H,8H2,1-2H3,(H,16,18). The highest BCUT2D eigenvalue weighted by atomic mass is 32.1. The minimum absolute atomic E-state index is 0.00495. The predicted molar refractivity (Wildman–Crippen MR) is 77.8 cm³/mol. The zero-order valence-corrected chi connectivity index (χ0v) is 12.0. The first-order valence-corrected chi connectivity index (χ1v) is 6.79. The Morgan fingerprint density at radius 1 is 1.35 bits per heavy atom. The van der Waals surface area contributed by atoms with Crippen LogP contribution in [0.15, 0.2) is 29.1 Å². The molecular weight excluding hydrogens is 274 g/mol. The number of hydrogen-bond donors (Lipinski definition) is 1. The van der Waals surface area contributed by atoms with Crippen molar-refractivity contribution in [2.24, 2.45) is 0 Å². The molecule has 5 nitrogen and oxygen atoms in total. The number of nitrogens with one attached hydrogen (secondary N) is 1. The van der Waals surface area contributed by atoms with E-state index in [-0.39, 0.29) is 17.3 Å². The molecule has 20 heavy (non-hydrogen) atoms. The van der Waals surface area contributed by atoms with E-state index in [4.69, 9.17) is 5.26 Å². The lowest BCUT2D eigenvalue weighted by Gasteiger charge is -2.07. The van der Waals surface area contributed by atoms with Crippen molar-refractivity contribution in [1.29, 1.82) is 5.26 Å². The number of aryl methyl sites for hydroxylation is 1. The first kappa shape index (κ1) is 14.0. The lowest BCUT2D eigenvalue weighted by molar-refractivity contribution is -0.116. The molecule has 6 heteroatoms. The van der Waals surface area contributed by atoms with Crippen LogP contribution in [0.4, 0.5) is 5.69 Å². The molecule has 0 radical (unpaired) electrons. The van der Waals surface area contributed by atoms with Crippen molar-refractivity contribution in [3.8, 4) is 6.07 Å². The molecule has 1 heterocycles. The lowest BCUT2D eigenvalue weighted by atomic mass is 10.2. The molecule has 0 aliphatic heterocycles. The second-order valence-electron chi connectivity index (χ2n) is 4.33. The van der Waals surface area contributed by atoms with Crippen molar-refractivity contribution >= 4 is 22.9 Å². The maximum Gasteiger partial charge on any atom is 0.308 e. The molecule has 0 unspecified atom stereocenters. The van der Waals surface area contributed by atoms with Gasteiger partial charge in [-0.05, 0) is 38.1 Å². The molecule has 0 aliphatic carbocycles. The molecule has 0 saturated carbocycles. The molecule has 102 valence electrons. The van der Waals surface area contributed by atoms with Gasteiger partial charge >= 0.3 is 4.87 Å². The third kappa shape index (κ3) is 2.95. The summed E-state index contributed by atoms with van der Waals surface area (Å²) in [6.07, 6.45) is 0. The highest BCUT2D eigenvalue weighted by Crippen LogP contribution is 2.11. The van der Waals surface area contributed by atoms with Crippen LogP contribution in [0.3, 0.4) is 0 Å². The normalized spacial score (nSPS) is 10.1. The molecule has 2 rings (SSSR count). The van der Waals surface area contributed by atoms with Gasteiger partial charge < -0.3 is 5.32 Å². The number of hydrogen-bond acceptors (Lipinski definition) is 4. The number of carbonyl (C=O) groups excluding carboxylic acids is 1. The molecule has 2 aromatic rings. The number of amides is 1. The number of aromatic nitrogens is 1. The maximum atomic E-state index is 11.9. The topological polar surface area (TPSA) is 74.9 Å². The van der Waals surface area contributed by atoms with Crippen molar-refractivity contribution in [2.45, 2.75) is 20.4 Å². The van der Waals surface area contributed by atoms with Crippen molar-refractivity contribution in [1.82, 2.24) is 4.57 Å². The molecule has 0 bridgehead atoms. The Bertz CT molecular complexity index is 735. The molecule has 0 atom stereocenters. The molecule has 1 aromatic carbocycles. The average Bonchev–Trinajstić information content (AvgIpc) is 2.66.